The lowest BCUT2D eigenvalue weighted by Crippen LogP contribution is -2.51. The van der Waals surface area contributed by atoms with Crippen molar-refractivity contribution in [2.45, 2.75) is 37.1 Å². The number of sulfonamides is 1. The molecule has 0 bridgehead atoms. The van der Waals surface area contributed by atoms with Crippen LogP contribution in [0.4, 0.5) is 0 Å². The van der Waals surface area contributed by atoms with Gasteiger partial charge >= 0.3 is 0 Å². The van der Waals surface area contributed by atoms with Crippen LogP contribution in [0.2, 0.25) is 0 Å². The number of aryl methyl sites for hydroxylation is 1. The number of nitrogens with zero attached hydrogens (tertiary/aromatic N) is 1. The summed E-state index contributed by atoms with van der Waals surface area (Å²) >= 11 is 0. The van der Waals surface area contributed by atoms with Gasteiger partial charge in [-0.05, 0) is 24.6 Å². The summed E-state index contributed by atoms with van der Waals surface area (Å²) in [7, 11) is -3.65. The highest BCUT2D eigenvalue weighted by atomic mass is 32.2. The fourth-order valence-corrected chi connectivity index (χ4v) is 3.62. The summed E-state index contributed by atoms with van der Waals surface area (Å²) in [5.41, 5.74) is -0.0867. The molecule has 1 heterocycles. The highest BCUT2D eigenvalue weighted by Crippen LogP contribution is 2.22. The first-order chi connectivity index (χ1) is 11.3. The van der Waals surface area contributed by atoms with Gasteiger partial charge in [0.05, 0.1) is 11.0 Å². The Morgan fingerprint density at radius 3 is 2.62 bits per heavy atom. The van der Waals surface area contributed by atoms with Crippen LogP contribution >= 0.6 is 0 Å². The summed E-state index contributed by atoms with van der Waals surface area (Å²) in [6.07, 6.45) is 0.813. The molecule has 0 spiro atoms. The molecular weight excluding hydrogens is 330 g/mol. The first kappa shape index (κ1) is 18.4. The van der Waals surface area contributed by atoms with Crippen molar-refractivity contribution in [1.29, 1.82) is 5.26 Å². The lowest BCUT2D eigenvalue weighted by atomic mass is 9.91. The third-order valence-electron chi connectivity index (χ3n) is 4.01. The molecule has 0 unspecified atom stereocenters. The predicted octanol–water partition coefficient (Wildman–Crippen LogP) is 1.10. The van der Waals surface area contributed by atoms with E-state index in [0.717, 1.165) is 0 Å². The molecule has 1 aromatic carbocycles. The average molecular weight is 351 g/mol. The van der Waals surface area contributed by atoms with Crippen molar-refractivity contribution < 1.29 is 17.9 Å². The molecule has 1 aliphatic rings. The molecule has 1 saturated heterocycles. The van der Waals surface area contributed by atoms with E-state index in [-0.39, 0.29) is 17.0 Å². The Morgan fingerprint density at radius 2 is 2.04 bits per heavy atom. The van der Waals surface area contributed by atoms with Gasteiger partial charge in [0.1, 0.15) is 5.54 Å². The lowest BCUT2D eigenvalue weighted by molar-refractivity contribution is 0.0531. The summed E-state index contributed by atoms with van der Waals surface area (Å²) in [5.74, 6) is -0.454. The van der Waals surface area contributed by atoms with Crippen molar-refractivity contribution in [3.63, 3.8) is 0 Å². The van der Waals surface area contributed by atoms with Crippen LogP contribution in [0, 0.1) is 18.3 Å². The van der Waals surface area contributed by atoms with Crippen molar-refractivity contribution in [2.75, 3.05) is 19.8 Å². The Balaban J connectivity index is 2.31. The summed E-state index contributed by atoms with van der Waals surface area (Å²) in [4.78, 5) is 12.6. The highest BCUT2D eigenvalue weighted by molar-refractivity contribution is 7.89. The van der Waals surface area contributed by atoms with Crippen LogP contribution in [-0.4, -0.2) is 39.6 Å². The van der Waals surface area contributed by atoms with Gasteiger partial charge in [-0.15, -0.1) is 0 Å². The molecule has 24 heavy (non-hydrogen) atoms. The van der Waals surface area contributed by atoms with E-state index in [9.17, 15) is 18.5 Å². The minimum absolute atomic E-state index is 0.0260. The van der Waals surface area contributed by atoms with E-state index in [0.29, 0.717) is 31.6 Å². The molecule has 2 N–H and O–H groups in total. The Hall–Kier alpha value is -1.95. The number of carbonyl (C=O) groups excluding carboxylic acids is 1. The van der Waals surface area contributed by atoms with Crippen LogP contribution in [0.5, 0.6) is 0 Å². The minimum Gasteiger partial charge on any atom is -0.381 e. The molecule has 1 aliphatic heterocycles. The van der Waals surface area contributed by atoms with Crippen molar-refractivity contribution >= 4 is 15.9 Å². The fraction of sp³-hybridized carbons (Fsp3) is 0.500. The van der Waals surface area contributed by atoms with E-state index in [4.69, 9.17) is 4.74 Å². The molecule has 7 nitrogen and oxygen atoms in total. The fourth-order valence-electron chi connectivity index (χ4n) is 2.56. The molecule has 0 aromatic heterocycles. The van der Waals surface area contributed by atoms with E-state index in [2.05, 4.69) is 16.1 Å². The van der Waals surface area contributed by atoms with Gasteiger partial charge < -0.3 is 10.1 Å². The van der Waals surface area contributed by atoms with Gasteiger partial charge in [-0.1, -0.05) is 13.0 Å². The standard InChI is InChI=1S/C16H21N3O4S/c1-3-18-24(21,22)13-5-4-12(2)14(10-13)15(20)19-16(11-17)6-8-23-9-7-16/h4-5,10,18H,3,6-9H2,1-2H3,(H,19,20). The zero-order chi connectivity index (χ0) is 17.8. The Bertz CT molecular complexity index is 762. The molecule has 0 atom stereocenters. The first-order valence-electron chi connectivity index (χ1n) is 7.75. The molecule has 130 valence electrons. The number of rotatable bonds is 5. The molecule has 1 amide bonds. The van der Waals surface area contributed by atoms with Crippen LogP contribution < -0.4 is 10.0 Å². The lowest BCUT2D eigenvalue weighted by Gasteiger charge is -2.31. The van der Waals surface area contributed by atoms with Crippen molar-refractivity contribution in [1.82, 2.24) is 10.0 Å². The zero-order valence-electron chi connectivity index (χ0n) is 13.8. The second kappa shape index (κ2) is 7.30. The van der Waals surface area contributed by atoms with E-state index < -0.39 is 21.5 Å². The van der Waals surface area contributed by atoms with Gasteiger partial charge in [-0.3, -0.25) is 4.79 Å². The van der Waals surface area contributed by atoms with Gasteiger partial charge in [0.25, 0.3) is 5.91 Å². The second-order valence-corrected chi connectivity index (χ2v) is 7.51. The van der Waals surface area contributed by atoms with E-state index >= 15 is 0 Å². The second-order valence-electron chi connectivity index (χ2n) is 5.74. The van der Waals surface area contributed by atoms with Gasteiger partial charge in [-0.2, -0.15) is 5.26 Å². The smallest absolute Gasteiger partial charge is 0.252 e. The Kier molecular flexibility index (Phi) is 5.59. The van der Waals surface area contributed by atoms with Gasteiger partial charge in [-0.25, -0.2) is 13.1 Å². The number of hydrogen-bond acceptors (Lipinski definition) is 5. The Morgan fingerprint density at radius 1 is 1.38 bits per heavy atom. The van der Waals surface area contributed by atoms with Crippen molar-refractivity contribution in [3.8, 4) is 6.07 Å². The third kappa shape index (κ3) is 3.93. The molecule has 1 fully saturated rings. The normalized spacial score (nSPS) is 17.0. The Labute approximate surface area is 142 Å². The topological polar surface area (TPSA) is 108 Å². The van der Waals surface area contributed by atoms with Crippen LogP contribution in [-0.2, 0) is 14.8 Å². The number of benzene rings is 1. The van der Waals surface area contributed by atoms with Crippen LogP contribution in [0.1, 0.15) is 35.7 Å². The molecular formula is C16H21N3O4S. The maximum absolute atomic E-state index is 12.6. The molecule has 0 aliphatic carbocycles. The first-order valence-corrected chi connectivity index (χ1v) is 9.24. The SMILES string of the molecule is CCNS(=O)(=O)c1ccc(C)c(C(=O)NC2(C#N)CCOCC2)c1. The van der Waals surface area contributed by atoms with E-state index in [1.54, 1.807) is 19.9 Å². The summed E-state index contributed by atoms with van der Waals surface area (Å²) in [5, 5.41) is 12.2. The van der Waals surface area contributed by atoms with Crippen LogP contribution in [0.25, 0.3) is 0 Å². The molecule has 2 rings (SSSR count). The minimum atomic E-state index is -3.65. The number of hydrogen-bond donors (Lipinski definition) is 2. The monoisotopic (exact) mass is 351 g/mol. The van der Waals surface area contributed by atoms with E-state index in [1.165, 1.54) is 12.1 Å². The average Bonchev–Trinajstić information content (AvgIpc) is 2.55. The van der Waals surface area contributed by atoms with Crippen LogP contribution in [0.15, 0.2) is 23.1 Å². The van der Waals surface area contributed by atoms with Crippen LogP contribution in [0.3, 0.4) is 0 Å². The number of nitriles is 1. The quantitative estimate of drug-likeness (QED) is 0.826. The maximum Gasteiger partial charge on any atom is 0.252 e. The van der Waals surface area contributed by atoms with Crippen molar-refractivity contribution in [2.24, 2.45) is 0 Å². The molecule has 8 heteroatoms. The largest absolute Gasteiger partial charge is 0.381 e. The van der Waals surface area contributed by atoms with Crippen molar-refractivity contribution in [3.05, 3.63) is 29.3 Å². The van der Waals surface area contributed by atoms with E-state index in [1.807, 2.05) is 0 Å². The number of ether oxygens (including phenoxy) is 1. The maximum atomic E-state index is 12.6. The molecule has 0 radical (unpaired) electrons. The predicted molar refractivity (Wildman–Crippen MR) is 87.9 cm³/mol. The van der Waals surface area contributed by atoms with Gasteiger partial charge in [0.15, 0.2) is 0 Å². The molecule has 1 aromatic rings. The molecule has 0 saturated carbocycles. The summed E-state index contributed by atoms with van der Waals surface area (Å²) < 4.78 is 31.9. The number of nitrogens with one attached hydrogen (secondary N) is 2. The van der Waals surface area contributed by atoms with Gasteiger partial charge in [0, 0.05) is 38.2 Å². The number of carbonyl (C=O) groups is 1. The summed E-state index contributed by atoms with van der Waals surface area (Å²) in [6, 6.07) is 6.54. The van der Waals surface area contributed by atoms with Gasteiger partial charge in [0.2, 0.25) is 10.0 Å². The summed E-state index contributed by atoms with van der Waals surface area (Å²) in [6.45, 7) is 4.47. The highest BCUT2D eigenvalue weighted by Gasteiger charge is 2.35. The zero-order valence-corrected chi connectivity index (χ0v) is 14.6. The number of amides is 1. The third-order valence-corrected chi connectivity index (χ3v) is 5.55.